The zero-order valence-electron chi connectivity index (χ0n) is 18.6. The van der Waals surface area contributed by atoms with E-state index in [1.807, 2.05) is 50.2 Å². The molecule has 1 aromatic heterocycles. The van der Waals surface area contributed by atoms with E-state index in [1.165, 1.54) is 29.0 Å². The molecule has 4 aromatic rings. The highest BCUT2D eigenvalue weighted by Crippen LogP contribution is 2.25. The van der Waals surface area contributed by atoms with Crippen LogP contribution in [0.25, 0.3) is 5.69 Å². The molecule has 0 aliphatic heterocycles. The smallest absolute Gasteiger partial charge is 0.257 e. The Morgan fingerprint density at radius 3 is 2.12 bits per heavy atom. The van der Waals surface area contributed by atoms with Crippen molar-refractivity contribution in [2.24, 2.45) is 0 Å². The Bertz CT molecular complexity index is 1430. The van der Waals surface area contributed by atoms with Crippen molar-refractivity contribution < 1.29 is 9.59 Å². The monoisotopic (exact) mass is 471 g/mol. The highest BCUT2D eigenvalue weighted by atomic mass is 35.5. The van der Waals surface area contributed by atoms with Crippen molar-refractivity contribution in [3.63, 3.8) is 0 Å². The summed E-state index contributed by atoms with van der Waals surface area (Å²) in [5.74, 6) is -0.788. The van der Waals surface area contributed by atoms with Gasteiger partial charge in [-0.05, 0) is 61.4 Å². The molecule has 0 saturated carbocycles. The molecule has 7 heteroatoms. The molecule has 0 spiro atoms. The van der Waals surface area contributed by atoms with Crippen LogP contribution >= 0.6 is 11.6 Å². The normalized spacial score (nSPS) is 10.6. The van der Waals surface area contributed by atoms with Crippen LogP contribution in [0.3, 0.4) is 0 Å². The van der Waals surface area contributed by atoms with Crippen molar-refractivity contribution in [1.29, 1.82) is 0 Å². The van der Waals surface area contributed by atoms with Gasteiger partial charge in [0, 0.05) is 23.5 Å². The van der Waals surface area contributed by atoms with Crippen LogP contribution in [0.4, 0.5) is 11.4 Å². The summed E-state index contributed by atoms with van der Waals surface area (Å²) in [5.41, 5.74) is 3.88. The molecule has 0 bridgehead atoms. The van der Waals surface area contributed by atoms with Gasteiger partial charge in [0.05, 0.1) is 22.0 Å². The number of anilines is 2. The van der Waals surface area contributed by atoms with E-state index in [0.717, 1.165) is 16.8 Å². The SMILES string of the molecule is Cc1cccc(C)c1-n1cc(C(=O)Nc2cc(C(=O)Nc3ccccc3)ccc2Cl)ccc1=O. The number of aromatic nitrogens is 1. The van der Waals surface area contributed by atoms with Crippen LogP contribution in [0, 0.1) is 13.8 Å². The second-order valence-electron chi connectivity index (χ2n) is 7.84. The number of para-hydroxylation sites is 2. The fourth-order valence-electron chi connectivity index (χ4n) is 3.66. The molecule has 170 valence electrons. The molecule has 6 nitrogen and oxygen atoms in total. The van der Waals surface area contributed by atoms with Gasteiger partial charge in [-0.3, -0.25) is 19.0 Å². The summed E-state index contributed by atoms with van der Waals surface area (Å²) in [4.78, 5) is 38.2. The zero-order valence-corrected chi connectivity index (χ0v) is 19.4. The van der Waals surface area contributed by atoms with E-state index in [1.54, 1.807) is 24.3 Å². The summed E-state index contributed by atoms with van der Waals surface area (Å²) in [7, 11) is 0. The number of carbonyl (C=O) groups excluding carboxylic acids is 2. The highest BCUT2D eigenvalue weighted by molar-refractivity contribution is 6.34. The maximum absolute atomic E-state index is 13.0. The minimum Gasteiger partial charge on any atom is -0.322 e. The van der Waals surface area contributed by atoms with Crippen molar-refractivity contribution in [1.82, 2.24) is 4.57 Å². The number of hydrogen-bond donors (Lipinski definition) is 2. The predicted octanol–water partition coefficient (Wildman–Crippen LogP) is 5.61. The third-order valence-corrected chi connectivity index (χ3v) is 5.69. The first-order valence-corrected chi connectivity index (χ1v) is 11.0. The van der Waals surface area contributed by atoms with Crippen LogP contribution in [0.2, 0.25) is 5.02 Å². The first kappa shape index (κ1) is 23.0. The van der Waals surface area contributed by atoms with E-state index < -0.39 is 5.91 Å². The summed E-state index contributed by atoms with van der Waals surface area (Å²) in [5, 5.41) is 5.83. The van der Waals surface area contributed by atoms with Crippen molar-refractivity contribution >= 4 is 34.8 Å². The standard InChI is InChI=1S/C27H22ClN3O3/c1-17-7-6-8-18(2)25(17)31-16-20(12-14-24(31)32)27(34)30-23-15-19(11-13-22(23)28)26(33)29-21-9-4-3-5-10-21/h3-16H,1-2H3,(H,29,33)(H,30,34). The summed E-state index contributed by atoms with van der Waals surface area (Å²) >= 11 is 6.28. The third-order valence-electron chi connectivity index (χ3n) is 5.36. The molecular formula is C27H22ClN3O3. The van der Waals surface area contributed by atoms with Gasteiger partial charge in [-0.15, -0.1) is 0 Å². The molecular weight excluding hydrogens is 450 g/mol. The number of benzene rings is 3. The molecule has 1 heterocycles. The Morgan fingerprint density at radius 2 is 1.41 bits per heavy atom. The molecule has 2 amide bonds. The Labute approximate surface area is 201 Å². The number of aryl methyl sites for hydroxylation is 2. The van der Waals surface area contributed by atoms with E-state index in [2.05, 4.69) is 10.6 Å². The largest absolute Gasteiger partial charge is 0.322 e. The van der Waals surface area contributed by atoms with Crippen molar-refractivity contribution in [3.8, 4) is 5.69 Å². The number of hydrogen-bond acceptors (Lipinski definition) is 3. The maximum atomic E-state index is 13.0. The van der Waals surface area contributed by atoms with Gasteiger partial charge in [0.15, 0.2) is 0 Å². The van der Waals surface area contributed by atoms with Crippen LogP contribution in [-0.4, -0.2) is 16.4 Å². The van der Waals surface area contributed by atoms with Crippen LogP contribution < -0.4 is 16.2 Å². The van der Waals surface area contributed by atoms with Gasteiger partial charge in [-0.2, -0.15) is 0 Å². The second kappa shape index (κ2) is 9.77. The molecule has 0 unspecified atom stereocenters. The summed E-state index contributed by atoms with van der Waals surface area (Å²) in [6.07, 6.45) is 1.51. The van der Waals surface area contributed by atoms with Gasteiger partial charge in [0.25, 0.3) is 17.4 Å². The van der Waals surface area contributed by atoms with E-state index in [0.29, 0.717) is 11.3 Å². The third kappa shape index (κ3) is 4.92. The molecule has 0 saturated heterocycles. The molecule has 0 fully saturated rings. The minimum atomic E-state index is -0.456. The first-order chi connectivity index (χ1) is 16.3. The summed E-state index contributed by atoms with van der Waals surface area (Å²) in [6, 6.07) is 22.2. The maximum Gasteiger partial charge on any atom is 0.257 e. The Morgan fingerprint density at radius 1 is 0.765 bits per heavy atom. The molecule has 0 aliphatic rings. The van der Waals surface area contributed by atoms with Gasteiger partial charge in [-0.25, -0.2) is 0 Å². The van der Waals surface area contributed by atoms with E-state index in [9.17, 15) is 14.4 Å². The van der Waals surface area contributed by atoms with Gasteiger partial charge in [0.1, 0.15) is 0 Å². The van der Waals surface area contributed by atoms with Gasteiger partial charge < -0.3 is 10.6 Å². The number of halogens is 1. The number of carbonyl (C=O) groups is 2. The molecule has 0 atom stereocenters. The Kier molecular flexibility index (Phi) is 6.61. The van der Waals surface area contributed by atoms with E-state index in [-0.39, 0.29) is 27.7 Å². The molecule has 2 N–H and O–H groups in total. The lowest BCUT2D eigenvalue weighted by atomic mass is 10.1. The lowest BCUT2D eigenvalue weighted by Crippen LogP contribution is -2.22. The number of pyridine rings is 1. The van der Waals surface area contributed by atoms with Gasteiger partial charge in [0.2, 0.25) is 0 Å². The minimum absolute atomic E-state index is 0.244. The lowest BCUT2D eigenvalue weighted by molar-refractivity contribution is 0.101. The van der Waals surface area contributed by atoms with Crippen LogP contribution in [0.1, 0.15) is 31.8 Å². The predicted molar refractivity (Wildman–Crippen MR) is 135 cm³/mol. The van der Waals surface area contributed by atoms with Gasteiger partial charge in [-0.1, -0.05) is 48.0 Å². The quantitative estimate of drug-likeness (QED) is 0.397. The number of amides is 2. The Balaban J connectivity index is 1.60. The molecule has 3 aromatic carbocycles. The van der Waals surface area contributed by atoms with E-state index in [4.69, 9.17) is 11.6 Å². The van der Waals surface area contributed by atoms with E-state index >= 15 is 0 Å². The number of nitrogens with zero attached hydrogens (tertiary/aromatic N) is 1. The second-order valence-corrected chi connectivity index (χ2v) is 8.24. The van der Waals surface area contributed by atoms with Crippen LogP contribution in [-0.2, 0) is 0 Å². The van der Waals surface area contributed by atoms with Crippen molar-refractivity contribution in [3.05, 3.63) is 123 Å². The first-order valence-electron chi connectivity index (χ1n) is 10.6. The number of rotatable bonds is 5. The molecule has 0 radical (unpaired) electrons. The van der Waals surface area contributed by atoms with Crippen molar-refractivity contribution in [2.75, 3.05) is 10.6 Å². The highest BCUT2D eigenvalue weighted by Gasteiger charge is 2.15. The summed E-state index contributed by atoms with van der Waals surface area (Å²) in [6.45, 7) is 3.82. The molecule has 0 aliphatic carbocycles. The zero-order chi connectivity index (χ0) is 24.2. The fourth-order valence-corrected chi connectivity index (χ4v) is 3.83. The van der Waals surface area contributed by atoms with Crippen LogP contribution in [0.15, 0.2) is 89.9 Å². The Hall–Kier alpha value is -4.16. The van der Waals surface area contributed by atoms with Gasteiger partial charge >= 0.3 is 0 Å². The van der Waals surface area contributed by atoms with Crippen molar-refractivity contribution in [2.45, 2.75) is 13.8 Å². The fraction of sp³-hybridized carbons (Fsp3) is 0.0741. The lowest BCUT2D eigenvalue weighted by Gasteiger charge is -2.14. The average Bonchev–Trinajstić information content (AvgIpc) is 2.82. The topological polar surface area (TPSA) is 80.2 Å². The van der Waals surface area contributed by atoms with Crippen LogP contribution in [0.5, 0.6) is 0 Å². The number of nitrogens with one attached hydrogen (secondary N) is 2. The molecule has 4 rings (SSSR count). The molecule has 34 heavy (non-hydrogen) atoms. The summed E-state index contributed by atoms with van der Waals surface area (Å²) < 4.78 is 1.46. The average molecular weight is 472 g/mol.